The second kappa shape index (κ2) is 7.37. The summed E-state index contributed by atoms with van der Waals surface area (Å²) in [6, 6.07) is 24.8. The van der Waals surface area contributed by atoms with E-state index in [9.17, 15) is 4.79 Å². The predicted molar refractivity (Wildman–Crippen MR) is 104 cm³/mol. The fraction of sp³-hybridized carbons (Fsp3) is 0. The van der Waals surface area contributed by atoms with Crippen LogP contribution in [0.25, 0.3) is 10.9 Å². The Morgan fingerprint density at radius 1 is 0.846 bits per heavy atom. The van der Waals surface area contributed by atoms with Crippen molar-refractivity contribution in [3.05, 3.63) is 90.6 Å². The summed E-state index contributed by atoms with van der Waals surface area (Å²) in [5, 5.41) is 4.81. The monoisotopic (exact) mass is 357 g/mol. The molecular weight excluding hydrogens is 342 g/mol. The van der Waals surface area contributed by atoms with Crippen LogP contribution in [0.3, 0.4) is 0 Å². The number of aromatic nitrogens is 2. The number of amides is 1. The Bertz CT molecular complexity index is 1050. The van der Waals surface area contributed by atoms with Crippen LogP contribution in [0.4, 0.5) is 5.82 Å². The van der Waals surface area contributed by atoms with Gasteiger partial charge >= 0.3 is 0 Å². The van der Waals surface area contributed by atoms with Gasteiger partial charge in [-0.1, -0.05) is 36.0 Å². The maximum absolute atomic E-state index is 12.4. The highest BCUT2D eigenvalue weighted by Gasteiger charge is 2.08. The van der Waals surface area contributed by atoms with E-state index in [4.69, 9.17) is 0 Å². The molecule has 5 heteroatoms. The molecular formula is C21H15N3OS. The Morgan fingerprint density at radius 2 is 1.65 bits per heavy atom. The average molecular weight is 357 g/mol. The van der Waals surface area contributed by atoms with Crippen molar-refractivity contribution in [2.75, 3.05) is 5.32 Å². The van der Waals surface area contributed by atoms with Gasteiger partial charge in [0.25, 0.3) is 5.91 Å². The highest BCUT2D eigenvalue weighted by atomic mass is 32.2. The number of nitrogens with zero attached hydrogens (tertiary/aromatic N) is 2. The fourth-order valence-electron chi connectivity index (χ4n) is 2.53. The lowest BCUT2D eigenvalue weighted by molar-refractivity contribution is 0.102. The Hall–Kier alpha value is -3.18. The molecule has 1 amide bonds. The van der Waals surface area contributed by atoms with Gasteiger partial charge in [-0.15, -0.1) is 0 Å². The van der Waals surface area contributed by atoms with Gasteiger partial charge in [0.1, 0.15) is 10.8 Å². The Labute approximate surface area is 155 Å². The largest absolute Gasteiger partial charge is 0.307 e. The van der Waals surface area contributed by atoms with Gasteiger partial charge in [0, 0.05) is 22.0 Å². The van der Waals surface area contributed by atoms with Crippen LogP contribution in [-0.2, 0) is 0 Å². The van der Waals surface area contributed by atoms with E-state index in [0.29, 0.717) is 11.4 Å². The molecule has 0 atom stereocenters. The fourth-order valence-corrected chi connectivity index (χ4v) is 3.30. The van der Waals surface area contributed by atoms with E-state index in [1.54, 1.807) is 18.0 Å². The minimum atomic E-state index is -0.179. The van der Waals surface area contributed by atoms with Crippen LogP contribution >= 0.6 is 11.8 Å². The number of fused-ring (bicyclic) bond motifs is 1. The molecule has 126 valence electrons. The third-order valence-corrected chi connectivity index (χ3v) is 4.78. The first-order valence-electron chi connectivity index (χ1n) is 8.14. The highest BCUT2D eigenvalue weighted by Crippen LogP contribution is 2.25. The smallest absolute Gasteiger partial charge is 0.256 e. The van der Waals surface area contributed by atoms with E-state index in [1.165, 1.54) is 0 Å². The van der Waals surface area contributed by atoms with Gasteiger partial charge in [-0.25, -0.2) is 9.97 Å². The molecule has 0 radical (unpaired) electrons. The standard InChI is InChI=1S/C21H15N3OS/c25-21(24-19-13-10-15-5-1-2-6-18(15)23-19)16-8-11-17(12-9-16)26-20-7-3-4-14-22-20/h1-14H,(H,23,24,25). The topological polar surface area (TPSA) is 54.9 Å². The van der Waals surface area contributed by atoms with Crippen molar-refractivity contribution in [2.24, 2.45) is 0 Å². The molecule has 26 heavy (non-hydrogen) atoms. The van der Waals surface area contributed by atoms with Gasteiger partial charge < -0.3 is 5.32 Å². The molecule has 0 aliphatic rings. The van der Waals surface area contributed by atoms with Crippen LogP contribution in [0.15, 0.2) is 95.0 Å². The zero-order valence-corrected chi connectivity index (χ0v) is 14.6. The second-order valence-corrected chi connectivity index (χ2v) is 6.73. The summed E-state index contributed by atoms with van der Waals surface area (Å²) in [4.78, 5) is 22.2. The SMILES string of the molecule is O=C(Nc1ccc2ccccc2n1)c1ccc(Sc2ccccn2)cc1. The summed E-state index contributed by atoms with van der Waals surface area (Å²) in [5.41, 5.74) is 1.44. The molecule has 0 saturated carbocycles. The minimum absolute atomic E-state index is 0.179. The van der Waals surface area contributed by atoms with E-state index in [0.717, 1.165) is 20.8 Å². The third-order valence-electron chi connectivity index (χ3n) is 3.82. The van der Waals surface area contributed by atoms with Gasteiger partial charge in [-0.3, -0.25) is 4.79 Å². The Morgan fingerprint density at radius 3 is 2.46 bits per heavy atom. The molecule has 0 saturated heterocycles. The van der Waals surface area contributed by atoms with E-state index in [-0.39, 0.29) is 5.91 Å². The molecule has 4 nitrogen and oxygen atoms in total. The van der Waals surface area contributed by atoms with Crippen molar-refractivity contribution in [1.29, 1.82) is 0 Å². The van der Waals surface area contributed by atoms with Crippen LogP contribution in [0, 0.1) is 0 Å². The van der Waals surface area contributed by atoms with E-state index in [2.05, 4.69) is 15.3 Å². The van der Waals surface area contributed by atoms with Gasteiger partial charge in [-0.05, 0) is 54.6 Å². The first kappa shape index (κ1) is 16.3. The summed E-state index contributed by atoms with van der Waals surface area (Å²) in [6.45, 7) is 0. The number of nitrogens with one attached hydrogen (secondary N) is 1. The Balaban J connectivity index is 1.47. The van der Waals surface area contributed by atoms with Crippen molar-refractivity contribution in [3.63, 3.8) is 0 Å². The van der Waals surface area contributed by atoms with Crippen LogP contribution in [0.1, 0.15) is 10.4 Å². The maximum Gasteiger partial charge on any atom is 0.256 e. The summed E-state index contributed by atoms with van der Waals surface area (Å²) in [7, 11) is 0. The average Bonchev–Trinajstić information content (AvgIpc) is 2.69. The van der Waals surface area contributed by atoms with E-state index < -0.39 is 0 Å². The lowest BCUT2D eigenvalue weighted by Gasteiger charge is -2.07. The number of hydrogen-bond donors (Lipinski definition) is 1. The van der Waals surface area contributed by atoms with Crippen molar-refractivity contribution in [3.8, 4) is 0 Å². The van der Waals surface area contributed by atoms with Crippen LogP contribution in [0.2, 0.25) is 0 Å². The molecule has 0 fully saturated rings. The summed E-state index contributed by atoms with van der Waals surface area (Å²) >= 11 is 1.56. The highest BCUT2D eigenvalue weighted by molar-refractivity contribution is 7.99. The maximum atomic E-state index is 12.4. The molecule has 0 unspecified atom stereocenters. The van der Waals surface area contributed by atoms with Crippen LogP contribution in [-0.4, -0.2) is 15.9 Å². The molecule has 4 aromatic rings. The summed E-state index contributed by atoms with van der Waals surface area (Å²) < 4.78 is 0. The van der Waals surface area contributed by atoms with Gasteiger partial charge in [0.2, 0.25) is 0 Å². The number of carbonyl (C=O) groups is 1. The van der Waals surface area contributed by atoms with Gasteiger partial charge in [0.05, 0.1) is 5.52 Å². The van der Waals surface area contributed by atoms with Crippen molar-refractivity contribution in [1.82, 2.24) is 9.97 Å². The first-order chi connectivity index (χ1) is 12.8. The number of anilines is 1. The third kappa shape index (κ3) is 3.73. The Kier molecular flexibility index (Phi) is 4.62. The van der Waals surface area contributed by atoms with E-state index in [1.807, 2.05) is 78.9 Å². The number of hydrogen-bond acceptors (Lipinski definition) is 4. The molecule has 0 bridgehead atoms. The van der Waals surface area contributed by atoms with Gasteiger partial charge in [-0.2, -0.15) is 0 Å². The molecule has 0 aliphatic carbocycles. The lowest BCUT2D eigenvalue weighted by Crippen LogP contribution is -2.12. The lowest BCUT2D eigenvalue weighted by atomic mass is 10.2. The molecule has 2 heterocycles. The van der Waals surface area contributed by atoms with Crippen molar-refractivity contribution in [2.45, 2.75) is 9.92 Å². The molecule has 2 aromatic carbocycles. The predicted octanol–water partition coefficient (Wildman–Crippen LogP) is 5.03. The minimum Gasteiger partial charge on any atom is -0.307 e. The van der Waals surface area contributed by atoms with Crippen molar-refractivity contribution < 1.29 is 4.79 Å². The van der Waals surface area contributed by atoms with Crippen molar-refractivity contribution >= 4 is 34.4 Å². The number of carbonyl (C=O) groups excluding carboxylic acids is 1. The first-order valence-corrected chi connectivity index (χ1v) is 8.96. The molecule has 0 aliphatic heterocycles. The number of pyridine rings is 2. The zero-order chi connectivity index (χ0) is 17.8. The summed E-state index contributed by atoms with van der Waals surface area (Å²) in [6.07, 6.45) is 1.76. The van der Waals surface area contributed by atoms with Crippen LogP contribution < -0.4 is 5.32 Å². The molecule has 1 N–H and O–H groups in total. The number of rotatable bonds is 4. The normalized spacial score (nSPS) is 10.6. The number of para-hydroxylation sites is 1. The zero-order valence-electron chi connectivity index (χ0n) is 13.8. The quantitative estimate of drug-likeness (QED) is 0.556. The van der Waals surface area contributed by atoms with Gasteiger partial charge in [0.15, 0.2) is 0 Å². The number of benzene rings is 2. The molecule has 0 spiro atoms. The molecule has 4 rings (SSSR count). The second-order valence-electron chi connectivity index (χ2n) is 5.64. The van der Waals surface area contributed by atoms with E-state index >= 15 is 0 Å². The summed E-state index contributed by atoms with van der Waals surface area (Å²) in [5.74, 6) is 0.364. The molecule has 2 aromatic heterocycles. The van der Waals surface area contributed by atoms with Crippen LogP contribution in [0.5, 0.6) is 0 Å².